The van der Waals surface area contributed by atoms with Crippen LogP contribution in [0.1, 0.15) is 56.0 Å². The third-order valence-corrected chi connectivity index (χ3v) is 3.22. The molecule has 0 bridgehead atoms. The summed E-state index contributed by atoms with van der Waals surface area (Å²) in [5, 5.41) is 0. The lowest BCUT2D eigenvalue weighted by Gasteiger charge is -2.19. The van der Waals surface area contributed by atoms with Crippen LogP contribution in [0.15, 0.2) is 24.3 Å². The molecule has 2 atom stereocenters. The summed E-state index contributed by atoms with van der Waals surface area (Å²) in [6, 6.07) is 7.70. The van der Waals surface area contributed by atoms with E-state index in [1.54, 1.807) is 0 Å². The van der Waals surface area contributed by atoms with E-state index >= 15 is 0 Å². The summed E-state index contributed by atoms with van der Waals surface area (Å²) >= 11 is 0. The molecule has 19 heavy (non-hydrogen) atoms. The van der Waals surface area contributed by atoms with Crippen molar-refractivity contribution >= 4 is 5.97 Å². The van der Waals surface area contributed by atoms with Gasteiger partial charge in [-0.3, -0.25) is 0 Å². The number of ether oxygens (including phenoxy) is 2. The Kier molecular flexibility index (Phi) is 3.95. The molecule has 1 aromatic rings. The summed E-state index contributed by atoms with van der Waals surface area (Å²) in [5.74, 6) is 0.169. The van der Waals surface area contributed by atoms with Crippen molar-refractivity contribution in [1.29, 1.82) is 0 Å². The van der Waals surface area contributed by atoms with Crippen LogP contribution in [-0.2, 0) is 9.47 Å². The Morgan fingerprint density at radius 3 is 2.37 bits per heavy atom. The summed E-state index contributed by atoms with van der Waals surface area (Å²) < 4.78 is 10.7. The molecule has 0 radical (unpaired) electrons. The molecule has 0 N–H and O–H groups in total. The number of carbonyl (C=O) groups is 1. The first kappa shape index (κ1) is 14.1. The fourth-order valence-electron chi connectivity index (χ4n) is 2.20. The van der Waals surface area contributed by atoms with Crippen LogP contribution in [0.3, 0.4) is 0 Å². The molecule has 0 aliphatic carbocycles. The molecule has 1 aliphatic rings. The van der Waals surface area contributed by atoms with E-state index in [4.69, 9.17) is 9.47 Å². The minimum atomic E-state index is -0.455. The number of carbonyl (C=O) groups excluding carboxylic acids is 1. The summed E-state index contributed by atoms with van der Waals surface area (Å²) in [7, 11) is 0. The van der Waals surface area contributed by atoms with Crippen LogP contribution in [0.4, 0.5) is 0 Å². The van der Waals surface area contributed by atoms with Crippen molar-refractivity contribution < 1.29 is 14.3 Å². The predicted octanol–water partition coefficient (Wildman–Crippen LogP) is 3.53. The Morgan fingerprint density at radius 2 is 1.95 bits per heavy atom. The van der Waals surface area contributed by atoms with E-state index in [0.29, 0.717) is 17.6 Å². The van der Waals surface area contributed by atoms with E-state index in [2.05, 4.69) is 6.92 Å². The van der Waals surface area contributed by atoms with E-state index < -0.39 is 5.60 Å². The standard InChI is InChI=1S/C16H22O3/c1-5-13(14-10-18-14)11-6-8-12(9-7-11)15(17)19-16(2,3)4/h6-9,13-14H,5,10H2,1-4H3. The second kappa shape index (κ2) is 5.33. The third-order valence-electron chi connectivity index (χ3n) is 3.22. The van der Waals surface area contributed by atoms with Crippen LogP contribution in [-0.4, -0.2) is 24.3 Å². The first-order valence-corrected chi connectivity index (χ1v) is 6.85. The number of benzene rings is 1. The maximum Gasteiger partial charge on any atom is 0.338 e. The molecule has 1 aromatic carbocycles. The Bertz CT molecular complexity index is 438. The minimum absolute atomic E-state index is 0.269. The van der Waals surface area contributed by atoms with Crippen molar-refractivity contribution in [3.05, 3.63) is 35.4 Å². The van der Waals surface area contributed by atoms with Crippen molar-refractivity contribution in [2.75, 3.05) is 6.61 Å². The number of hydrogen-bond donors (Lipinski definition) is 0. The molecule has 1 aliphatic heterocycles. The van der Waals surface area contributed by atoms with Gasteiger partial charge in [0.2, 0.25) is 0 Å². The van der Waals surface area contributed by atoms with E-state index in [1.807, 2.05) is 45.0 Å². The maximum absolute atomic E-state index is 11.9. The second-order valence-electron chi connectivity index (χ2n) is 6.01. The quantitative estimate of drug-likeness (QED) is 0.615. The molecular weight excluding hydrogens is 240 g/mol. The number of epoxide rings is 1. The molecule has 0 aromatic heterocycles. The normalized spacial score (nSPS) is 19.9. The zero-order valence-corrected chi connectivity index (χ0v) is 12.1. The molecular formula is C16H22O3. The lowest BCUT2D eigenvalue weighted by molar-refractivity contribution is 0.00695. The smallest absolute Gasteiger partial charge is 0.338 e. The lowest BCUT2D eigenvalue weighted by Crippen LogP contribution is -2.23. The molecule has 2 unspecified atom stereocenters. The van der Waals surface area contributed by atoms with Gasteiger partial charge < -0.3 is 9.47 Å². The zero-order valence-electron chi connectivity index (χ0n) is 12.1. The van der Waals surface area contributed by atoms with Gasteiger partial charge >= 0.3 is 5.97 Å². The molecule has 2 rings (SSSR count). The largest absolute Gasteiger partial charge is 0.456 e. The van der Waals surface area contributed by atoms with Gasteiger partial charge in [-0.05, 0) is 44.9 Å². The first-order valence-electron chi connectivity index (χ1n) is 6.85. The monoisotopic (exact) mass is 262 g/mol. The highest BCUT2D eigenvalue weighted by Crippen LogP contribution is 2.32. The topological polar surface area (TPSA) is 38.8 Å². The fraction of sp³-hybridized carbons (Fsp3) is 0.562. The highest BCUT2D eigenvalue weighted by Gasteiger charge is 2.32. The van der Waals surface area contributed by atoms with Gasteiger partial charge in [0.25, 0.3) is 0 Å². The number of hydrogen-bond acceptors (Lipinski definition) is 3. The summed E-state index contributed by atoms with van der Waals surface area (Å²) in [6.45, 7) is 8.63. The van der Waals surface area contributed by atoms with Crippen LogP contribution in [0.5, 0.6) is 0 Å². The van der Waals surface area contributed by atoms with E-state index in [1.165, 1.54) is 5.56 Å². The van der Waals surface area contributed by atoms with Gasteiger partial charge in [0.05, 0.1) is 18.3 Å². The van der Waals surface area contributed by atoms with E-state index in [-0.39, 0.29) is 5.97 Å². The fourth-order valence-corrected chi connectivity index (χ4v) is 2.20. The molecule has 0 amide bonds. The molecule has 1 heterocycles. The molecule has 3 nitrogen and oxygen atoms in total. The third kappa shape index (κ3) is 3.80. The lowest BCUT2D eigenvalue weighted by atomic mass is 9.93. The molecule has 1 fully saturated rings. The van der Waals surface area contributed by atoms with Crippen LogP contribution < -0.4 is 0 Å². The van der Waals surface area contributed by atoms with E-state index in [0.717, 1.165) is 13.0 Å². The highest BCUT2D eigenvalue weighted by molar-refractivity contribution is 5.89. The molecule has 0 spiro atoms. The maximum atomic E-state index is 11.9. The Morgan fingerprint density at radius 1 is 1.37 bits per heavy atom. The van der Waals surface area contributed by atoms with Crippen molar-refractivity contribution in [2.45, 2.75) is 51.7 Å². The minimum Gasteiger partial charge on any atom is -0.456 e. The van der Waals surface area contributed by atoms with Crippen molar-refractivity contribution in [3.8, 4) is 0 Å². The van der Waals surface area contributed by atoms with Gasteiger partial charge in [0, 0.05) is 5.92 Å². The molecule has 3 heteroatoms. The van der Waals surface area contributed by atoms with Gasteiger partial charge in [-0.15, -0.1) is 0 Å². The van der Waals surface area contributed by atoms with Crippen molar-refractivity contribution in [1.82, 2.24) is 0 Å². The van der Waals surface area contributed by atoms with Crippen molar-refractivity contribution in [3.63, 3.8) is 0 Å². The number of rotatable bonds is 4. The Hall–Kier alpha value is -1.35. The van der Waals surface area contributed by atoms with Crippen molar-refractivity contribution in [2.24, 2.45) is 0 Å². The van der Waals surface area contributed by atoms with Gasteiger partial charge in [0.1, 0.15) is 5.60 Å². The number of esters is 1. The zero-order chi connectivity index (χ0) is 14.0. The van der Waals surface area contributed by atoms with Gasteiger partial charge in [-0.1, -0.05) is 19.1 Å². The van der Waals surface area contributed by atoms with Gasteiger partial charge in [-0.2, -0.15) is 0 Å². The SMILES string of the molecule is CCC(c1ccc(C(=O)OC(C)(C)C)cc1)C1CO1. The average Bonchev–Trinajstić information content (AvgIpc) is 3.13. The van der Waals surface area contributed by atoms with E-state index in [9.17, 15) is 4.79 Å². The van der Waals surface area contributed by atoms with Gasteiger partial charge in [-0.25, -0.2) is 4.79 Å². The van der Waals surface area contributed by atoms with Crippen LogP contribution in [0, 0.1) is 0 Å². The Labute approximate surface area is 114 Å². The highest BCUT2D eigenvalue weighted by atomic mass is 16.6. The second-order valence-corrected chi connectivity index (χ2v) is 6.01. The Balaban J connectivity index is 2.07. The molecule has 104 valence electrons. The summed E-state index contributed by atoms with van der Waals surface area (Å²) in [5.41, 5.74) is 1.38. The average molecular weight is 262 g/mol. The van der Waals surface area contributed by atoms with Crippen LogP contribution in [0.2, 0.25) is 0 Å². The first-order chi connectivity index (χ1) is 8.90. The molecule has 1 saturated heterocycles. The summed E-state index contributed by atoms with van der Waals surface area (Å²) in [4.78, 5) is 11.9. The predicted molar refractivity (Wildman–Crippen MR) is 74.4 cm³/mol. The molecule has 0 saturated carbocycles. The van der Waals surface area contributed by atoms with Gasteiger partial charge in [0.15, 0.2) is 0 Å². The summed E-state index contributed by atoms with van der Waals surface area (Å²) in [6.07, 6.45) is 1.41. The van der Waals surface area contributed by atoms with Crippen LogP contribution >= 0.6 is 0 Å². The van der Waals surface area contributed by atoms with Crippen LogP contribution in [0.25, 0.3) is 0 Å².